The molecule has 1 aromatic heterocycles. The summed E-state index contributed by atoms with van der Waals surface area (Å²) in [5.41, 5.74) is 0.604. The van der Waals surface area contributed by atoms with E-state index in [4.69, 9.17) is 27.9 Å². The highest BCUT2D eigenvalue weighted by Gasteiger charge is 2.11. The Morgan fingerprint density at radius 3 is 2.75 bits per heavy atom. The average molecular weight is 420 g/mol. The molecule has 28 heavy (non-hydrogen) atoms. The van der Waals surface area contributed by atoms with Gasteiger partial charge in [-0.1, -0.05) is 35.3 Å². The molecule has 3 aromatic rings. The fourth-order valence-corrected chi connectivity index (χ4v) is 2.81. The van der Waals surface area contributed by atoms with Gasteiger partial charge in [0.15, 0.2) is 6.61 Å². The van der Waals surface area contributed by atoms with Crippen molar-refractivity contribution in [3.05, 3.63) is 68.7 Å². The average Bonchev–Trinajstić information content (AvgIpc) is 2.67. The van der Waals surface area contributed by atoms with Gasteiger partial charge in [0.2, 0.25) is 0 Å². The molecular weight excluding hydrogens is 405 g/mol. The van der Waals surface area contributed by atoms with Crippen LogP contribution in [0.2, 0.25) is 10.0 Å². The number of nitrogens with one attached hydrogen (secondary N) is 2. The number of H-pyrrole nitrogens is 1. The van der Waals surface area contributed by atoms with Gasteiger partial charge in [-0.25, -0.2) is 4.98 Å². The first-order valence-corrected chi connectivity index (χ1v) is 9.06. The number of esters is 1. The number of halogens is 2. The molecule has 2 N–H and O–H groups in total. The predicted octanol–water partition coefficient (Wildman–Crippen LogP) is 3.34. The lowest BCUT2D eigenvalue weighted by molar-refractivity contribution is -0.147. The molecule has 0 radical (unpaired) electrons. The quantitative estimate of drug-likeness (QED) is 0.596. The van der Waals surface area contributed by atoms with Crippen molar-refractivity contribution >= 4 is 51.7 Å². The topological polar surface area (TPSA) is 101 Å². The Bertz CT molecular complexity index is 1100. The van der Waals surface area contributed by atoms with Gasteiger partial charge in [0.1, 0.15) is 5.82 Å². The van der Waals surface area contributed by atoms with E-state index in [0.29, 0.717) is 32.5 Å². The summed E-state index contributed by atoms with van der Waals surface area (Å²) in [5.74, 6) is -0.770. The molecule has 0 saturated heterocycles. The van der Waals surface area contributed by atoms with Crippen LogP contribution in [0.25, 0.3) is 10.9 Å². The predicted molar refractivity (Wildman–Crippen MR) is 107 cm³/mol. The molecule has 0 fully saturated rings. The summed E-state index contributed by atoms with van der Waals surface area (Å²) in [5, 5.41) is 3.72. The first kappa shape index (κ1) is 19.9. The maximum Gasteiger partial charge on any atom is 0.306 e. The normalized spacial score (nSPS) is 10.6. The van der Waals surface area contributed by atoms with Crippen molar-refractivity contribution < 1.29 is 14.3 Å². The zero-order valence-electron chi connectivity index (χ0n) is 14.5. The number of aromatic amines is 1. The smallest absolute Gasteiger partial charge is 0.306 e. The molecule has 144 valence electrons. The number of anilines is 1. The van der Waals surface area contributed by atoms with E-state index < -0.39 is 18.5 Å². The highest BCUT2D eigenvalue weighted by atomic mass is 35.5. The first-order valence-electron chi connectivity index (χ1n) is 8.31. The van der Waals surface area contributed by atoms with Crippen molar-refractivity contribution in [2.45, 2.75) is 12.8 Å². The van der Waals surface area contributed by atoms with Crippen LogP contribution in [0.15, 0.2) is 47.3 Å². The number of para-hydroxylation sites is 1. The molecule has 2 aromatic carbocycles. The molecule has 0 aliphatic heterocycles. The van der Waals surface area contributed by atoms with Crippen molar-refractivity contribution in [2.75, 3.05) is 11.9 Å². The number of fused-ring (bicyclic) bond motifs is 1. The summed E-state index contributed by atoms with van der Waals surface area (Å²) in [6, 6.07) is 11.5. The number of hydrogen-bond donors (Lipinski definition) is 2. The third-order valence-corrected chi connectivity index (χ3v) is 4.36. The number of aryl methyl sites for hydroxylation is 1. The van der Waals surface area contributed by atoms with E-state index >= 15 is 0 Å². The van der Waals surface area contributed by atoms with E-state index in [1.807, 2.05) is 0 Å². The maximum absolute atomic E-state index is 12.0. The van der Waals surface area contributed by atoms with Crippen LogP contribution in [-0.2, 0) is 20.7 Å². The van der Waals surface area contributed by atoms with E-state index in [-0.39, 0.29) is 18.4 Å². The van der Waals surface area contributed by atoms with Crippen LogP contribution >= 0.6 is 23.2 Å². The second kappa shape index (κ2) is 8.86. The number of nitrogens with zero attached hydrogens (tertiary/aromatic N) is 1. The largest absolute Gasteiger partial charge is 0.456 e. The maximum atomic E-state index is 12.0. The van der Waals surface area contributed by atoms with Gasteiger partial charge in [0.25, 0.3) is 11.5 Å². The third kappa shape index (κ3) is 5.09. The van der Waals surface area contributed by atoms with Crippen LogP contribution in [0.5, 0.6) is 0 Å². The molecule has 0 unspecified atom stereocenters. The molecule has 0 bridgehead atoms. The van der Waals surface area contributed by atoms with Crippen LogP contribution in [0.4, 0.5) is 5.69 Å². The van der Waals surface area contributed by atoms with E-state index in [9.17, 15) is 14.4 Å². The van der Waals surface area contributed by atoms with E-state index in [1.54, 1.807) is 36.4 Å². The van der Waals surface area contributed by atoms with Crippen molar-refractivity contribution in [2.24, 2.45) is 0 Å². The molecule has 0 aliphatic carbocycles. The van der Waals surface area contributed by atoms with Gasteiger partial charge in [0, 0.05) is 11.4 Å². The highest BCUT2D eigenvalue weighted by molar-refractivity contribution is 6.35. The minimum atomic E-state index is -0.594. The third-order valence-electron chi connectivity index (χ3n) is 3.79. The van der Waals surface area contributed by atoms with Gasteiger partial charge in [-0.3, -0.25) is 14.4 Å². The fourth-order valence-electron chi connectivity index (χ4n) is 2.47. The number of rotatable bonds is 6. The molecule has 0 saturated carbocycles. The zero-order chi connectivity index (χ0) is 20.1. The van der Waals surface area contributed by atoms with E-state index in [0.717, 1.165) is 0 Å². The Hall–Kier alpha value is -2.90. The van der Waals surface area contributed by atoms with Crippen molar-refractivity contribution in [3.63, 3.8) is 0 Å². The number of carbonyl (C=O) groups is 2. The lowest BCUT2D eigenvalue weighted by atomic mass is 10.2. The van der Waals surface area contributed by atoms with Gasteiger partial charge in [-0.15, -0.1) is 0 Å². The molecule has 0 spiro atoms. The summed E-state index contributed by atoms with van der Waals surface area (Å²) in [7, 11) is 0. The summed E-state index contributed by atoms with van der Waals surface area (Å²) in [6.45, 7) is -0.469. The van der Waals surface area contributed by atoms with Gasteiger partial charge in [-0.05, 0) is 30.3 Å². The SMILES string of the molecule is O=C(COC(=O)CCc1nc2ccccc2c(=O)[nH]1)Nc1cc(Cl)ccc1Cl. The van der Waals surface area contributed by atoms with Gasteiger partial charge in [-0.2, -0.15) is 0 Å². The molecule has 9 heteroatoms. The van der Waals surface area contributed by atoms with Crippen LogP contribution < -0.4 is 10.9 Å². The van der Waals surface area contributed by atoms with Crippen LogP contribution in [0.3, 0.4) is 0 Å². The second-order valence-corrected chi connectivity index (χ2v) is 6.71. The fraction of sp³-hybridized carbons (Fsp3) is 0.158. The van der Waals surface area contributed by atoms with E-state index in [1.165, 1.54) is 6.07 Å². The number of benzene rings is 2. The molecular formula is C19H15Cl2N3O4. The van der Waals surface area contributed by atoms with Crippen LogP contribution in [0, 0.1) is 0 Å². The monoisotopic (exact) mass is 419 g/mol. The Labute approximate surface area is 169 Å². The molecule has 0 aliphatic rings. The first-order chi connectivity index (χ1) is 13.4. The number of ether oxygens (including phenoxy) is 1. The number of hydrogen-bond acceptors (Lipinski definition) is 5. The molecule has 3 rings (SSSR count). The summed E-state index contributed by atoms with van der Waals surface area (Å²) in [6.07, 6.45) is 0.146. The van der Waals surface area contributed by atoms with Crippen molar-refractivity contribution in [3.8, 4) is 0 Å². The Morgan fingerprint density at radius 1 is 1.14 bits per heavy atom. The lowest BCUT2D eigenvalue weighted by Crippen LogP contribution is -2.21. The number of amides is 1. The minimum absolute atomic E-state index is 0.0352. The van der Waals surface area contributed by atoms with Crippen molar-refractivity contribution in [1.82, 2.24) is 9.97 Å². The molecule has 1 amide bonds. The lowest BCUT2D eigenvalue weighted by Gasteiger charge is -2.08. The number of aromatic nitrogens is 2. The zero-order valence-corrected chi connectivity index (χ0v) is 16.0. The summed E-state index contributed by atoms with van der Waals surface area (Å²) in [4.78, 5) is 42.7. The summed E-state index contributed by atoms with van der Waals surface area (Å²) < 4.78 is 4.94. The second-order valence-electron chi connectivity index (χ2n) is 5.86. The Balaban J connectivity index is 1.51. The molecule has 7 nitrogen and oxygen atoms in total. The molecule has 1 heterocycles. The van der Waals surface area contributed by atoms with Crippen LogP contribution in [-0.4, -0.2) is 28.5 Å². The van der Waals surface area contributed by atoms with Gasteiger partial charge >= 0.3 is 5.97 Å². The number of carbonyl (C=O) groups excluding carboxylic acids is 2. The standard InChI is InChI=1S/C19H15Cl2N3O4/c20-11-5-6-13(21)15(9-11)23-17(25)10-28-18(26)8-7-16-22-14-4-2-1-3-12(14)19(27)24-16/h1-6,9H,7-8,10H2,(H,23,25)(H,22,24,27). The Kier molecular flexibility index (Phi) is 6.28. The Morgan fingerprint density at radius 2 is 1.93 bits per heavy atom. The van der Waals surface area contributed by atoms with Crippen LogP contribution in [0.1, 0.15) is 12.2 Å². The van der Waals surface area contributed by atoms with E-state index in [2.05, 4.69) is 15.3 Å². The minimum Gasteiger partial charge on any atom is -0.456 e. The molecule has 0 atom stereocenters. The highest BCUT2D eigenvalue weighted by Crippen LogP contribution is 2.25. The van der Waals surface area contributed by atoms with Gasteiger partial charge < -0.3 is 15.0 Å². The summed E-state index contributed by atoms with van der Waals surface area (Å²) >= 11 is 11.8. The van der Waals surface area contributed by atoms with Crippen molar-refractivity contribution in [1.29, 1.82) is 0 Å². The van der Waals surface area contributed by atoms with Gasteiger partial charge in [0.05, 0.1) is 28.0 Å².